The molecule has 0 aliphatic heterocycles. The molecule has 0 aliphatic rings. The smallest absolute Gasteiger partial charge is 0.248 e. The molecule has 0 fully saturated rings. The molecule has 0 aliphatic carbocycles. The first-order valence-electron chi connectivity index (χ1n) is 7.48. The Morgan fingerprint density at radius 3 is 2.70 bits per heavy atom. The van der Waals surface area contributed by atoms with Gasteiger partial charge in [0.1, 0.15) is 5.75 Å². The summed E-state index contributed by atoms with van der Waals surface area (Å²) >= 11 is 3.43. The van der Waals surface area contributed by atoms with Gasteiger partial charge in [-0.25, -0.2) is 0 Å². The van der Waals surface area contributed by atoms with Gasteiger partial charge in [-0.2, -0.15) is 0 Å². The molecule has 2 rings (SSSR count). The van der Waals surface area contributed by atoms with E-state index in [1.54, 1.807) is 6.08 Å². The molecule has 0 bridgehead atoms. The number of aryl methyl sites for hydroxylation is 2. The number of hydrogen-bond donors (Lipinski definition) is 1. The molecule has 1 N–H and O–H groups in total. The van der Waals surface area contributed by atoms with Crippen molar-refractivity contribution in [3.63, 3.8) is 0 Å². The number of halogens is 1. The minimum absolute atomic E-state index is 0.167. The lowest BCUT2D eigenvalue weighted by Gasteiger charge is -2.08. The summed E-state index contributed by atoms with van der Waals surface area (Å²) in [6.45, 7) is 6.52. The molecule has 2 aromatic carbocycles. The molecule has 0 saturated heterocycles. The second-order valence-electron chi connectivity index (χ2n) is 5.26. The first-order valence-corrected chi connectivity index (χ1v) is 8.27. The number of benzene rings is 2. The van der Waals surface area contributed by atoms with Gasteiger partial charge in [0.05, 0.1) is 6.61 Å². The highest BCUT2D eigenvalue weighted by molar-refractivity contribution is 9.10. The molecule has 0 radical (unpaired) electrons. The number of carbonyl (C=O) groups excluding carboxylic acids is 1. The lowest BCUT2D eigenvalue weighted by Crippen LogP contribution is -2.09. The van der Waals surface area contributed by atoms with Crippen molar-refractivity contribution in [3.8, 4) is 5.75 Å². The Bertz CT molecular complexity index is 738. The molecule has 120 valence electrons. The van der Waals surface area contributed by atoms with E-state index in [4.69, 9.17) is 4.74 Å². The van der Waals surface area contributed by atoms with Crippen molar-refractivity contribution in [3.05, 3.63) is 63.6 Å². The van der Waals surface area contributed by atoms with E-state index in [9.17, 15) is 4.79 Å². The van der Waals surface area contributed by atoms with Crippen LogP contribution in [0.2, 0.25) is 0 Å². The largest absolute Gasteiger partial charge is 0.493 e. The van der Waals surface area contributed by atoms with Crippen LogP contribution in [0, 0.1) is 13.8 Å². The zero-order chi connectivity index (χ0) is 16.8. The highest BCUT2D eigenvalue weighted by Gasteiger charge is 2.04. The number of nitrogens with one attached hydrogen (secondary N) is 1. The van der Waals surface area contributed by atoms with E-state index in [1.807, 2.05) is 57.2 Å². The van der Waals surface area contributed by atoms with Gasteiger partial charge in [-0.05, 0) is 56.7 Å². The first kappa shape index (κ1) is 17.3. The Hall–Kier alpha value is -2.07. The standard InChI is InChI=1S/C19H20BrNO2/c1-4-23-18-9-7-16(20)12-15(18)6-10-19(22)21-17-8-5-13(2)11-14(17)3/h5-12H,4H2,1-3H3,(H,21,22). The van der Waals surface area contributed by atoms with Crippen LogP contribution in [0.15, 0.2) is 46.9 Å². The van der Waals surface area contributed by atoms with Gasteiger partial charge in [0.15, 0.2) is 0 Å². The van der Waals surface area contributed by atoms with Crippen LogP contribution in [0.25, 0.3) is 6.08 Å². The highest BCUT2D eigenvalue weighted by atomic mass is 79.9. The van der Waals surface area contributed by atoms with Crippen LogP contribution >= 0.6 is 15.9 Å². The van der Waals surface area contributed by atoms with Crippen LogP contribution in [0.4, 0.5) is 5.69 Å². The van der Waals surface area contributed by atoms with Crippen LogP contribution in [0.1, 0.15) is 23.6 Å². The van der Waals surface area contributed by atoms with E-state index in [1.165, 1.54) is 11.6 Å². The summed E-state index contributed by atoms with van der Waals surface area (Å²) in [7, 11) is 0. The molecule has 23 heavy (non-hydrogen) atoms. The van der Waals surface area contributed by atoms with Crippen molar-refractivity contribution in [2.24, 2.45) is 0 Å². The second kappa shape index (κ2) is 7.97. The van der Waals surface area contributed by atoms with Gasteiger partial charge in [-0.15, -0.1) is 0 Å². The second-order valence-corrected chi connectivity index (χ2v) is 6.17. The lowest BCUT2D eigenvalue weighted by molar-refractivity contribution is -0.111. The van der Waals surface area contributed by atoms with Gasteiger partial charge in [-0.1, -0.05) is 33.6 Å². The van der Waals surface area contributed by atoms with Crippen molar-refractivity contribution >= 4 is 33.6 Å². The van der Waals surface area contributed by atoms with Crippen molar-refractivity contribution in [1.29, 1.82) is 0 Å². The van der Waals surface area contributed by atoms with Crippen molar-refractivity contribution in [2.75, 3.05) is 11.9 Å². The zero-order valence-electron chi connectivity index (χ0n) is 13.5. The highest BCUT2D eigenvalue weighted by Crippen LogP contribution is 2.24. The fraction of sp³-hybridized carbons (Fsp3) is 0.211. The molecule has 3 nitrogen and oxygen atoms in total. The normalized spacial score (nSPS) is 10.8. The molecule has 0 unspecified atom stereocenters. The summed E-state index contributed by atoms with van der Waals surface area (Å²) in [6, 6.07) is 11.7. The molecule has 0 heterocycles. The monoisotopic (exact) mass is 373 g/mol. The van der Waals surface area contributed by atoms with Gasteiger partial charge < -0.3 is 10.1 Å². The molecule has 4 heteroatoms. The van der Waals surface area contributed by atoms with Crippen LogP contribution in [-0.4, -0.2) is 12.5 Å². The summed E-state index contributed by atoms with van der Waals surface area (Å²) in [4.78, 5) is 12.1. The lowest BCUT2D eigenvalue weighted by atomic mass is 10.1. The Balaban J connectivity index is 2.13. The predicted molar refractivity (Wildman–Crippen MR) is 98.9 cm³/mol. The average Bonchev–Trinajstić information content (AvgIpc) is 2.50. The van der Waals surface area contributed by atoms with E-state index < -0.39 is 0 Å². The van der Waals surface area contributed by atoms with E-state index in [0.29, 0.717) is 6.61 Å². The van der Waals surface area contributed by atoms with Gasteiger partial charge in [0, 0.05) is 21.8 Å². The SMILES string of the molecule is CCOc1ccc(Br)cc1C=CC(=O)Nc1ccc(C)cc1C. The first-order chi connectivity index (χ1) is 11.0. The zero-order valence-corrected chi connectivity index (χ0v) is 15.1. The minimum Gasteiger partial charge on any atom is -0.493 e. The third kappa shape index (κ3) is 4.96. The van der Waals surface area contributed by atoms with E-state index >= 15 is 0 Å². The number of anilines is 1. The average molecular weight is 374 g/mol. The Morgan fingerprint density at radius 1 is 1.22 bits per heavy atom. The summed E-state index contributed by atoms with van der Waals surface area (Å²) in [5, 5.41) is 2.90. The predicted octanol–water partition coefficient (Wildman–Crippen LogP) is 5.12. The minimum atomic E-state index is -0.167. The molecule has 1 amide bonds. The third-order valence-corrected chi connectivity index (χ3v) is 3.82. The Kier molecular flexibility index (Phi) is 5.99. The molecule has 2 aromatic rings. The van der Waals surface area contributed by atoms with Crippen molar-refractivity contribution < 1.29 is 9.53 Å². The summed E-state index contributed by atoms with van der Waals surface area (Å²) in [5.41, 5.74) is 3.90. The van der Waals surface area contributed by atoms with Crippen LogP contribution < -0.4 is 10.1 Å². The maximum atomic E-state index is 12.1. The van der Waals surface area contributed by atoms with Crippen LogP contribution in [0.5, 0.6) is 5.75 Å². The summed E-state index contributed by atoms with van der Waals surface area (Å²) in [5.74, 6) is 0.589. The molecular formula is C19H20BrNO2. The Labute approximate surface area is 145 Å². The molecule has 0 aromatic heterocycles. The number of rotatable bonds is 5. The maximum absolute atomic E-state index is 12.1. The Morgan fingerprint density at radius 2 is 2.00 bits per heavy atom. The third-order valence-electron chi connectivity index (χ3n) is 3.33. The number of carbonyl (C=O) groups is 1. The van der Waals surface area contributed by atoms with Crippen LogP contribution in [0.3, 0.4) is 0 Å². The fourth-order valence-corrected chi connectivity index (χ4v) is 2.61. The summed E-state index contributed by atoms with van der Waals surface area (Å²) in [6.07, 6.45) is 3.28. The van der Waals surface area contributed by atoms with Gasteiger partial charge in [0.2, 0.25) is 5.91 Å². The quantitative estimate of drug-likeness (QED) is 0.738. The number of hydrogen-bond acceptors (Lipinski definition) is 2. The fourth-order valence-electron chi connectivity index (χ4n) is 2.23. The van der Waals surface area contributed by atoms with Crippen LogP contribution in [-0.2, 0) is 4.79 Å². The molecule has 0 saturated carbocycles. The number of ether oxygens (including phenoxy) is 1. The maximum Gasteiger partial charge on any atom is 0.248 e. The molecular weight excluding hydrogens is 354 g/mol. The van der Waals surface area contributed by atoms with E-state index in [-0.39, 0.29) is 5.91 Å². The van der Waals surface area contributed by atoms with Gasteiger partial charge in [-0.3, -0.25) is 4.79 Å². The van der Waals surface area contributed by atoms with Gasteiger partial charge in [0.25, 0.3) is 0 Å². The van der Waals surface area contributed by atoms with E-state index in [0.717, 1.165) is 27.0 Å². The van der Waals surface area contributed by atoms with Crippen molar-refractivity contribution in [2.45, 2.75) is 20.8 Å². The molecule has 0 atom stereocenters. The molecule has 0 spiro atoms. The topological polar surface area (TPSA) is 38.3 Å². The number of amides is 1. The summed E-state index contributed by atoms with van der Waals surface area (Å²) < 4.78 is 6.51. The van der Waals surface area contributed by atoms with Crippen molar-refractivity contribution in [1.82, 2.24) is 0 Å². The van der Waals surface area contributed by atoms with E-state index in [2.05, 4.69) is 21.2 Å². The van der Waals surface area contributed by atoms with Gasteiger partial charge >= 0.3 is 0 Å².